The molecule has 3 heterocycles. The molecule has 0 bridgehead atoms. The van der Waals surface area contributed by atoms with Crippen LogP contribution in [-0.2, 0) is 13.6 Å². The molecule has 2 aliphatic rings. The first kappa shape index (κ1) is 22.7. The van der Waals surface area contributed by atoms with Crippen LogP contribution in [0.5, 0.6) is 5.75 Å². The molecule has 1 aromatic carbocycles. The van der Waals surface area contributed by atoms with Gasteiger partial charge in [-0.05, 0) is 19.9 Å². The summed E-state index contributed by atoms with van der Waals surface area (Å²) in [6.45, 7) is 4.88. The molecule has 2 atom stereocenters. The highest BCUT2D eigenvalue weighted by atomic mass is 31.2. The Kier molecular flexibility index (Phi) is 5.79. The molecule has 12 heteroatoms. The van der Waals surface area contributed by atoms with E-state index in [4.69, 9.17) is 13.8 Å². The molecule has 32 heavy (non-hydrogen) atoms. The van der Waals surface area contributed by atoms with Gasteiger partial charge in [0.2, 0.25) is 5.43 Å². The van der Waals surface area contributed by atoms with E-state index in [1.165, 1.54) is 20.4 Å². The highest BCUT2D eigenvalue weighted by Crippen LogP contribution is 2.51. The molecule has 2 unspecified atom stereocenters. The molecule has 1 fully saturated rings. The van der Waals surface area contributed by atoms with Gasteiger partial charge in [-0.3, -0.25) is 13.8 Å². The average molecular weight is 469 g/mol. The zero-order chi connectivity index (χ0) is 23.4. The van der Waals surface area contributed by atoms with Crippen molar-refractivity contribution in [1.29, 1.82) is 0 Å². The Bertz CT molecular complexity index is 1180. The number of carboxylic acid groups (broad SMARTS) is 1. The number of hydrogen-bond acceptors (Lipinski definition) is 7. The van der Waals surface area contributed by atoms with E-state index >= 15 is 4.39 Å². The van der Waals surface area contributed by atoms with Crippen molar-refractivity contribution in [2.75, 3.05) is 45.3 Å². The smallest absolute Gasteiger partial charge is 0.407 e. The molecule has 2 aromatic rings. The lowest BCUT2D eigenvalue weighted by molar-refractivity contribution is 0.0693. The fourth-order valence-corrected chi connectivity index (χ4v) is 5.58. The van der Waals surface area contributed by atoms with Crippen LogP contribution in [0.2, 0.25) is 0 Å². The second-order valence-corrected chi connectivity index (χ2v) is 10.1. The van der Waals surface area contributed by atoms with Gasteiger partial charge in [-0.25, -0.2) is 18.4 Å². The van der Waals surface area contributed by atoms with Crippen molar-refractivity contribution in [3.05, 3.63) is 33.9 Å². The fraction of sp³-hybridized carbons (Fsp3) is 0.500. The number of hydrogen-bond donors (Lipinski definition) is 1. The van der Waals surface area contributed by atoms with E-state index in [2.05, 4.69) is 0 Å². The van der Waals surface area contributed by atoms with Crippen LogP contribution in [0, 0.1) is 5.82 Å². The molecular formula is C20H25FN3O7P. The SMILES string of the molecule is COP(=O)(OC)N1CCN(c2c(F)cc3c(=O)c(C(=O)O)cn4c3c2OC(C)C4C)CC1. The van der Waals surface area contributed by atoms with Crippen LogP contribution in [-0.4, -0.2) is 66.8 Å². The number of rotatable bonds is 5. The average Bonchev–Trinajstić information content (AvgIpc) is 2.78. The van der Waals surface area contributed by atoms with Crippen molar-refractivity contribution in [2.24, 2.45) is 0 Å². The van der Waals surface area contributed by atoms with Gasteiger partial charge >= 0.3 is 13.7 Å². The first-order valence-electron chi connectivity index (χ1n) is 10.2. The lowest BCUT2D eigenvalue weighted by Gasteiger charge is -2.40. The molecule has 4 rings (SSSR count). The lowest BCUT2D eigenvalue weighted by atomic mass is 10.0. The maximum atomic E-state index is 15.4. The molecule has 1 aromatic heterocycles. The number of anilines is 1. The summed E-state index contributed by atoms with van der Waals surface area (Å²) in [5, 5.41) is 9.41. The molecule has 0 aliphatic carbocycles. The maximum Gasteiger partial charge on any atom is 0.407 e. The predicted molar refractivity (Wildman–Crippen MR) is 115 cm³/mol. The zero-order valence-electron chi connectivity index (χ0n) is 18.2. The Morgan fingerprint density at radius 3 is 2.41 bits per heavy atom. The molecule has 174 valence electrons. The fourth-order valence-electron chi connectivity index (χ4n) is 4.30. The van der Waals surface area contributed by atoms with E-state index in [-0.39, 0.29) is 29.0 Å². The second kappa shape index (κ2) is 8.15. The van der Waals surface area contributed by atoms with Crippen LogP contribution in [0.1, 0.15) is 30.2 Å². The summed E-state index contributed by atoms with van der Waals surface area (Å²) in [5.74, 6) is -1.85. The minimum atomic E-state index is -3.40. The summed E-state index contributed by atoms with van der Waals surface area (Å²) in [6.07, 6.45) is 0.909. The van der Waals surface area contributed by atoms with E-state index in [1.807, 2.05) is 6.92 Å². The Morgan fingerprint density at radius 2 is 1.84 bits per heavy atom. The molecule has 10 nitrogen and oxygen atoms in total. The van der Waals surface area contributed by atoms with Crippen LogP contribution in [0.4, 0.5) is 10.1 Å². The van der Waals surface area contributed by atoms with Gasteiger partial charge in [-0.15, -0.1) is 0 Å². The third-order valence-electron chi connectivity index (χ3n) is 6.23. The van der Waals surface area contributed by atoms with Gasteiger partial charge in [-0.2, -0.15) is 0 Å². The summed E-state index contributed by atoms with van der Waals surface area (Å²) >= 11 is 0. The number of ether oxygens (including phenoxy) is 1. The molecule has 0 spiro atoms. The van der Waals surface area contributed by atoms with Gasteiger partial charge in [0.25, 0.3) is 0 Å². The molecule has 0 saturated carbocycles. The normalized spacial score (nSPS) is 21.6. The third kappa shape index (κ3) is 3.40. The minimum Gasteiger partial charge on any atom is -0.484 e. The van der Waals surface area contributed by atoms with E-state index < -0.39 is 30.5 Å². The Labute approximate surface area is 183 Å². The van der Waals surface area contributed by atoms with Gasteiger partial charge in [0.1, 0.15) is 17.4 Å². The largest absolute Gasteiger partial charge is 0.484 e. The van der Waals surface area contributed by atoms with Crippen LogP contribution in [0.3, 0.4) is 0 Å². The van der Waals surface area contributed by atoms with E-state index in [0.29, 0.717) is 31.7 Å². The van der Waals surface area contributed by atoms with E-state index in [9.17, 15) is 19.3 Å². The first-order valence-corrected chi connectivity index (χ1v) is 11.7. The first-order chi connectivity index (χ1) is 15.1. The number of benzene rings is 1. The quantitative estimate of drug-likeness (QED) is 0.661. The van der Waals surface area contributed by atoms with Crippen molar-refractivity contribution in [3.8, 4) is 5.75 Å². The second-order valence-electron chi connectivity index (χ2n) is 7.85. The van der Waals surface area contributed by atoms with Crippen LogP contribution in [0.15, 0.2) is 17.1 Å². The third-order valence-corrected chi connectivity index (χ3v) is 8.25. The molecule has 0 radical (unpaired) electrons. The maximum absolute atomic E-state index is 15.4. The van der Waals surface area contributed by atoms with Gasteiger partial charge in [0.05, 0.1) is 16.9 Å². The zero-order valence-corrected chi connectivity index (χ0v) is 19.1. The number of halogens is 1. The summed E-state index contributed by atoms with van der Waals surface area (Å²) in [5.41, 5.74) is -0.618. The molecule has 1 saturated heterocycles. The standard InChI is InChI=1S/C20H25FN3O7P/c1-11-12(2)31-19-16-13(18(25)14(20(26)27)10-24(11)16)9-15(21)17(19)22-5-7-23(8-6-22)32(28,29-3)30-4/h9-12H,5-8H2,1-4H3,(H,26,27). The van der Waals surface area contributed by atoms with Crippen molar-refractivity contribution in [2.45, 2.75) is 26.0 Å². The van der Waals surface area contributed by atoms with Crippen molar-refractivity contribution in [1.82, 2.24) is 9.24 Å². The summed E-state index contributed by atoms with van der Waals surface area (Å²) in [4.78, 5) is 26.1. The molecule has 0 amide bonds. The van der Waals surface area contributed by atoms with Crippen molar-refractivity contribution >= 4 is 30.3 Å². The highest BCUT2D eigenvalue weighted by Gasteiger charge is 2.37. The Hall–Kier alpha value is -2.46. The summed E-state index contributed by atoms with van der Waals surface area (Å²) in [6, 6.07) is 0.806. The van der Waals surface area contributed by atoms with Gasteiger partial charge in [-0.1, -0.05) is 0 Å². The van der Waals surface area contributed by atoms with Crippen molar-refractivity contribution in [3.63, 3.8) is 0 Å². The van der Waals surface area contributed by atoms with Crippen LogP contribution < -0.4 is 15.1 Å². The van der Waals surface area contributed by atoms with Crippen LogP contribution in [0.25, 0.3) is 10.9 Å². The number of aromatic nitrogens is 1. The number of piperazine rings is 1. The Morgan fingerprint density at radius 1 is 1.22 bits per heavy atom. The Balaban J connectivity index is 1.83. The van der Waals surface area contributed by atoms with Gasteiger partial charge in [0, 0.05) is 46.6 Å². The number of nitrogens with zero attached hydrogens (tertiary/aromatic N) is 3. The van der Waals surface area contributed by atoms with E-state index in [0.717, 1.165) is 6.07 Å². The van der Waals surface area contributed by atoms with Crippen molar-refractivity contribution < 1.29 is 32.6 Å². The molecule has 1 N–H and O–H groups in total. The minimum absolute atomic E-state index is 0.0400. The number of aromatic carboxylic acids is 1. The summed E-state index contributed by atoms with van der Waals surface area (Å²) < 4.78 is 47.4. The number of carboxylic acids is 1. The number of pyridine rings is 1. The molecule has 2 aliphatic heterocycles. The highest BCUT2D eigenvalue weighted by molar-refractivity contribution is 7.51. The van der Waals surface area contributed by atoms with Gasteiger partial charge in [0.15, 0.2) is 11.6 Å². The molecular weight excluding hydrogens is 444 g/mol. The van der Waals surface area contributed by atoms with Gasteiger partial charge < -0.3 is 19.3 Å². The lowest BCUT2D eigenvalue weighted by Crippen LogP contribution is -2.46. The monoisotopic (exact) mass is 469 g/mol. The predicted octanol–water partition coefficient (Wildman–Crippen LogP) is 2.70. The van der Waals surface area contributed by atoms with Crippen LogP contribution >= 0.6 is 7.75 Å². The number of carbonyl (C=O) groups is 1. The topological polar surface area (TPSA) is 111 Å². The van der Waals surface area contributed by atoms with E-state index in [1.54, 1.807) is 21.1 Å². The summed E-state index contributed by atoms with van der Waals surface area (Å²) in [7, 11) is -0.780.